The predicted molar refractivity (Wildman–Crippen MR) is 67.7 cm³/mol. The standard InChI is InChI=1S/C12H21N3O3/c1-8(2)10-3-4-11(16)14-5-6-18-7-9(13)12(17)15-10/h3-4,8-10H,5-7,13H2,1-2H3,(H,14,16)(H,15,17)/b4-3+/t9-,10+/m0/s1. The monoisotopic (exact) mass is 255 g/mol. The Morgan fingerprint density at radius 2 is 2.17 bits per heavy atom. The van der Waals surface area contributed by atoms with Crippen LogP contribution in [-0.4, -0.2) is 43.7 Å². The molecule has 0 saturated heterocycles. The molecule has 0 saturated carbocycles. The molecule has 0 spiro atoms. The van der Waals surface area contributed by atoms with E-state index in [1.54, 1.807) is 6.08 Å². The summed E-state index contributed by atoms with van der Waals surface area (Å²) in [5.41, 5.74) is 5.70. The summed E-state index contributed by atoms with van der Waals surface area (Å²) < 4.78 is 5.21. The molecule has 1 rings (SSSR count). The molecule has 0 aromatic rings. The summed E-state index contributed by atoms with van der Waals surface area (Å²) in [5, 5.41) is 5.48. The summed E-state index contributed by atoms with van der Waals surface area (Å²) in [5.74, 6) is -0.281. The van der Waals surface area contributed by atoms with Gasteiger partial charge in [0, 0.05) is 18.7 Å². The van der Waals surface area contributed by atoms with Gasteiger partial charge in [0.2, 0.25) is 11.8 Å². The summed E-state index contributed by atoms with van der Waals surface area (Å²) in [6.45, 7) is 4.82. The molecule has 0 unspecified atom stereocenters. The number of ether oxygens (including phenoxy) is 1. The number of nitrogens with two attached hydrogens (primary N) is 1. The zero-order valence-electron chi connectivity index (χ0n) is 10.8. The van der Waals surface area contributed by atoms with E-state index in [9.17, 15) is 9.59 Å². The van der Waals surface area contributed by atoms with Crippen LogP contribution in [0.1, 0.15) is 13.8 Å². The molecule has 0 aromatic carbocycles. The first-order chi connectivity index (χ1) is 8.50. The number of nitrogens with one attached hydrogen (secondary N) is 2. The molecule has 0 fully saturated rings. The van der Waals surface area contributed by atoms with Crippen molar-refractivity contribution in [2.45, 2.75) is 25.9 Å². The molecule has 0 radical (unpaired) electrons. The molecule has 0 aliphatic carbocycles. The zero-order chi connectivity index (χ0) is 13.5. The largest absolute Gasteiger partial charge is 0.377 e. The number of amides is 2. The molecular formula is C12H21N3O3. The van der Waals surface area contributed by atoms with Crippen molar-refractivity contribution in [1.82, 2.24) is 10.6 Å². The van der Waals surface area contributed by atoms with Gasteiger partial charge in [0.15, 0.2) is 0 Å². The third-order valence-corrected chi connectivity index (χ3v) is 2.66. The number of hydrogen-bond donors (Lipinski definition) is 3. The van der Waals surface area contributed by atoms with Crippen molar-refractivity contribution in [3.8, 4) is 0 Å². The second kappa shape index (κ2) is 7.13. The third kappa shape index (κ3) is 4.85. The lowest BCUT2D eigenvalue weighted by atomic mass is 10.0. The topological polar surface area (TPSA) is 93.4 Å². The lowest BCUT2D eigenvalue weighted by Crippen LogP contribution is -2.49. The Balaban J connectivity index is 2.76. The van der Waals surface area contributed by atoms with Gasteiger partial charge in [0.05, 0.1) is 13.2 Å². The fraction of sp³-hybridized carbons (Fsp3) is 0.667. The average Bonchev–Trinajstić information content (AvgIpc) is 2.31. The van der Waals surface area contributed by atoms with Crippen molar-refractivity contribution in [3.05, 3.63) is 12.2 Å². The molecule has 2 amide bonds. The van der Waals surface area contributed by atoms with E-state index in [1.165, 1.54) is 6.08 Å². The van der Waals surface area contributed by atoms with Crippen LogP contribution in [0.4, 0.5) is 0 Å². The van der Waals surface area contributed by atoms with Gasteiger partial charge in [-0.25, -0.2) is 0 Å². The molecule has 0 aromatic heterocycles. The molecule has 0 bridgehead atoms. The maximum atomic E-state index is 11.8. The normalized spacial score (nSPS) is 28.9. The first-order valence-corrected chi connectivity index (χ1v) is 6.10. The highest BCUT2D eigenvalue weighted by Crippen LogP contribution is 2.04. The number of rotatable bonds is 1. The Morgan fingerprint density at radius 3 is 2.83 bits per heavy atom. The maximum Gasteiger partial charge on any atom is 0.243 e. The molecule has 2 atom stereocenters. The van der Waals surface area contributed by atoms with Crippen LogP contribution < -0.4 is 16.4 Å². The Labute approximate surface area is 107 Å². The summed E-state index contributed by atoms with van der Waals surface area (Å²) >= 11 is 0. The van der Waals surface area contributed by atoms with E-state index in [0.717, 1.165) is 0 Å². The van der Waals surface area contributed by atoms with E-state index in [1.807, 2.05) is 13.8 Å². The van der Waals surface area contributed by atoms with Crippen LogP contribution in [0.5, 0.6) is 0 Å². The Hall–Kier alpha value is -1.40. The second-order valence-electron chi connectivity index (χ2n) is 4.61. The first-order valence-electron chi connectivity index (χ1n) is 6.10. The predicted octanol–water partition coefficient (Wildman–Crippen LogP) is -0.843. The molecule has 1 heterocycles. The fourth-order valence-electron chi connectivity index (χ4n) is 1.49. The smallest absolute Gasteiger partial charge is 0.243 e. The molecule has 18 heavy (non-hydrogen) atoms. The molecule has 1 aliphatic rings. The van der Waals surface area contributed by atoms with E-state index >= 15 is 0 Å². The minimum atomic E-state index is -0.685. The summed E-state index contributed by atoms with van der Waals surface area (Å²) in [6, 6.07) is -0.900. The van der Waals surface area contributed by atoms with E-state index in [0.29, 0.717) is 13.2 Å². The molecular weight excluding hydrogens is 234 g/mol. The Morgan fingerprint density at radius 1 is 1.44 bits per heavy atom. The molecule has 4 N–H and O–H groups in total. The molecule has 6 nitrogen and oxygen atoms in total. The van der Waals surface area contributed by atoms with Crippen LogP contribution in [0.25, 0.3) is 0 Å². The van der Waals surface area contributed by atoms with E-state index in [-0.39, 0.29) is 30.4 Å². The van der Waals surface area contributed by atoms with Gasteiger partial charge >= 0.3 is 0 Å². The van der Waals surface area contributed by atoms with Gasteiger partial charge in [-0.05, 0) is 5.92 Å². The lowest BCUT2D eigenvalue weighted by molar-refractivity contribution is -0.124. The average molecular weight is 255 g/mol. The third-order valence-electron chi connectivity index (χ3n) is 2.66. The van der Waals surface area contributed by atoms with E-state index in [2.05, 4.69) is 10.6 Å². The SMILES string of the molecule is CC(C)[C@H]1/C=C/C(=O)NCCOC[C@H](N)C(=O)N1. The van der Waals surface area contributed by atoms with Crippen LogP contribution in [0.2, 0.25) is 0 Å². The minimum Gasteiger partial charge on any atom is -0.377 e. The van der Waals surface area contributed by atoms with Crippen LogP contribution in [0.3, 0.4) is 0 Å². The van der Waals surface area contributed by atoms with Crippen molar-refractivity contribution >= 4 is 11.8 Å². The van der Waals surface area contributed by atoms with E-state index < -0.39 is 6.04 Å². The number of carbonyl (C=O) groups is 2. The van der Waals surface area contributed by atoms with Gasteiger partial charge in [0.25, 0.3) is 0 Å². The molecule has 1 aliphatic heterocycles. The van der Waals surface area contributed by atoms with Gasteiger partial charge in [0.1, 0.15) is 6.04 Å². The van der Waals surface area contributed by atoms with Crippen LogP contribution >= 0.6 is 0 Å². The van der Waals surface area contributed by atoms with Crippen LogP contribution in [0, 0.1) is 5.92 Å². The van der Waals surface area contributed by atoms with Crippen LogP contribution in [-0.2, 0) is 14.3 Å². The Bertz CT molecular complexity index is 329. The fourth-order valence-corrected chi connectivity index (χ4v) is 1.49. The Kier molecular flexibility index (Phi) is 5.80. The van der Waals surface area contributed by atoms with Gasteiger partial charge < -0.3 is 21.1 Å². The molecule has 6 heteroatoms. The van der Waals surface area contributed by atoms with Crippen molar-refractivity contribution in [1.29, 1.82) is 0 Å². The quantitative estimate of drug-likeness (QED) is 0.569. The number of hydrogen-bond acceptors (Lipinski definition) is 4. The van der Waals surface area contributed by atoms with Gasteiger partial charge in [-0.3, -0.25) is 9.59 Å². The van der Waals surface area contributed by atoms with Gasteiger partial charge in [-0.15, -0.1) is 0 Å². The first kappa shape index (κ1) is 14.7. The van der Waals surface area contributed by atoms with E-state index in [4.69, 9.17) is 10.5 Å². The summed E-state index contributed by atoms with van der Waals surface area (Å²) in [6.07, 6.45) is 3.12. The van der Waals surface area contributed by atoms with Crippen molar-refractivity contribution in [2.24, 2.45) is 11.7 Å². The highest BCUT2D eigenvalue weighted by molar-refractivity contribution is 5.88. The van der Waals surface area contributed by atoms with Gasteiger partial charge in [-0.1, -0.05) is 19.9 Å². The minimum absolute atomic E-state index is 0.149. The number of carbonyl (C=O) groups excluding carboxylic acids is 2. The maximum absolute atomic E-state index is 11.8. The highest BCUT2D eigenvalue weighted by atomic mass is 16.5. The zero-order valence-corrected chi connectivity index (χ0v) is 10.8. The second-order valence-corrected chi connectivity index (χ2v) is 4.61. The lowest BCUT2D eigenvalue weighted by Gasteiger charge is -2.22. The highest BCUT2D eigenvalue weighted by Gasteiger charge is 2.19. The summed E-state index contributed by atoms with van der Waals surface area (Å²) in [4.78, 5) is 23.2. The van der Waals surface area contributed by atoms with Crippen molar-refractivity contribution in [2.75, 3.05) is 19.8 Å². The van der Waals surface area contributed by atoms with Crippen molar-refractivity contribution < 1.29 is 14.3 Å². The van der Waals surface area contributed by atoms with Crippen LogP contribution in [0.15, 0.2) is 12.2 Å². The summed E-state index contributed by atoms with van der Waals surface area (Å²) in [7, 11) is 0. The van der Waals surface area contributed by atoms with Crippen molar-refractivity contribution in [3.63, 3.8) is 0 Å². The van der Waals surface area contributed by atoms with Gasteiger partial charge in [-0.2, -0.15) is 0 Å². The molecule has 102 valence electrons.